The predicted octanol–water partition coefficient (Wildman–Crippen LogP) is 0.761. The van der Waals surface area contributed by atoms with Crippen LogP contribution in [-0.2, 0) is 16.6 Å². The van der Waals surface area contributed by atoms with E-state index in [1.807, 2.05) is 0 Å². The first-order valence-corrected chi connectivity index (χ1v) is 7.74. The molecule has 7 heteroatoms. The van der Waals surface area contributed by atoms with Gasteiger partial charge in [-0.25, -0.2) is 13.1 Å². The van der Waals surface area contributed by atoms with Crippen molar-refractivity contribution in [2.24, 2.45) is 5.92 Å². The molecule has 0 aromatic carbocycles. The van der Waals surface area contributed by atoms with E-state index in [1.54, 1.807) is 0 Å². The van der Waals surface area contributed by atoms with Gasteiger partial charge in [0, 0.05) is 12.1 Å². The first kappa shape index (κ1) is 13.5. The van der Waals surface area contributed by atoms with Gasteiger partial charge in [-0.1, -0.05) is 25.7 Å². The minimum Gasteiger partial charge on any atom is -0.392 e. The Hall–Kier alpha value is -0.920. The molecule has 0 amide bonds. The van der Waals surface area contributed by atoms with Gasteiger partial charge in [-0.2, -0.15) is 5.10 Å². The number of aliphatic hydroxyl groups excluding tert-OH is 1. The van der Waals surface area contributed by atoms with Crippen molar-refractivity contribution in [2.45, 2.75) is 43.7 Å². The van der Waals surface area contributed by atoms with E-state index in [0.717, 1.165) is 6.42 Å². The molecule has 6 nitrogen and oxygen atoms in total. The Kier molecular flexibility index (Phi) is 4.36. The van der Waals surface area contributed by atoms with Crippen molar-refractivity contribution in [1.29, 1.82) is 0 Å². The number of nitrogens with zero attached hydrogens (tertiary/aromatic N) is 1. The van der Waals surface area contributed by atoms with Crippen LogP contribution in [0.1, 0.15) is 37.7 Å². The Bertz CT molecular complexity index is 477. The van der Waals surface area contributed by atoms with Crippen LogP contribution in [-0.4, -0.2) is 30.3 Å². The fraction of sp³-hybridized carbons (Fsp3) is 0.727. The van der Waals surface area contributed by atoms with E-state index in [-0.39, 0.29) is 11.6 Å². The van der Waals surface area contributed by atoms with Gasteiger partial charge in [0.15, 0.2) is 5.03 Å². The molecule has 0 atom stereocenters. The molecule has 1 aliphatic carbocycles. The Labute approximate surface area is 107 Å². The summed E-state index contributed by atoms with van der Waals surface area (Å²) in [6.07, 6.45) is 7.12. The molecule has 0 unspecified atom stereocenters. The normalized spacial score (nSPS) is 17.4. The van der Waals surface area contributed by atoms with Crippen molar-refractivity contribution in [1.82, 2.24) is 14.9 Å². The summed E-state index contributed by atoms with van der Waals surface area (Å²) in [6, 6.07) is 0. The molecule has 1 fully saturated rings. The molecule has 1 aliphatic rings. The lowest BCUT2D eigenvalue weighted by Gasteiger charge is -2.10. The zero-order chi connectivity index (χ0) is 13.0. The van der Waals surface area contributed by atoms with Crippen molar-refractivity contribution in [3.8, 4) is 0 Å². The molecule has 0 radical (unpaired) electrons. The summed E-state index contributed by atoms with van der Waals surface area (Å²) in [5.41, 5.74) is 0.295. The Morgan fingerprint density at radius 3 is 2.83 bits per heavy atom. The van der Waals surface area contributed by atoms with E-state index in [9.17, 15) is 8.42 Å². The van der Waals surface area contributed by atoms with Crippen LogP contribution in [0.5, 0.6) is 0 Å². The maximum atomic E-state index is 12.0. The summed E-state index contributed by atoms with van der Waals surface area (Å²) in [5, 5.41) is 15.0. The highest BCUT2D eigenvalue weighted by molar-refractivity contribution is 7.89. The van der Waals surface area contributed by atoms with Gasteiger partial charge in [0.1, 0.15) is 0 Å². The first-order chi connectivity index (χ1) is 8.63. The maximum absolute atomic E-state index is 12.0. The Balaban J connectivity index is 1.91. The minimum atomic E-state index is -3.58. The monoisotopic (exact) mass is 273 g/mol. The number of hydrogen-bond donors (Lipinski definition) is 3. The van der Waals surface area contributed by atoms with Crippen LogP contribution in [0.4, 0.5) is 0 Å². The fourth-order valence-electron chi connectivity index (χ4n) is 2.41. The van der Waals surface area contributed by atoms with E-state index in [0.29, 0.717) is 18.0 Å². The van der Waals surface area contributed by atoms with Crippen molar-refractivity contribution in [3.63, 3.8) is 0 Å². The summed E-state index contributed by atoms with van der Waals surface area (Å²) in [6.45, 7) is 0.103. The van der Waals surface area contributed by atoms with Gasteiger partial charge >= 0.3 is 0 Å². The lowest BCUT2D eigenvalue weighted by atomic mass is 10.1. The predicted molar refractivity (Wildman–Crippen MR) is 66.3 cm³/mol. The summed E-state index contributed by atoms with van der Waals surface area (Å²) in [4.78, 5) is 0. The topological polar surface area (TPSA) is 95.1 Å². The van der Waals surface area contributed by atoms with Crippen molar-refractivity contribution in [2.75, 3.05) is 6.54 Å². The molecule has 0 aliphatic heterocycles. The largest absolute Gasteiger partial charge is 0.392 e. The summed E-state index contributed by atoms with van der Waals surface area (Å²) < 4.78 is 26.5. The summed E-state index contributed by atoms with van der Waals surface area (Å²) in [7, 11) is -3.58. The Morgan fingerprint density at radius 1 is 1.44 bits per heavy atom. The second-order valence-corrected chi connectivity index (χ2v) is 6.42. The standard InChI is InChI=1S/C11H19N3O3S/c15-8-10-7-12-14-11(10)18(16,17)13-6-5-9-3-1-2-4-9/h7,9,13,15H,1-6,8H2,(H,12,14). The number of nitrogens with one attached hydrogen (secondary N) is 2. The van der Waals surface area contributed by atoms with Crippen LogP contribution in [0.25, 0.3) is 0 Å². The highest BCUT2D eigenvalue weighted by Gasteiger charge is 2.21. The summed E-state index contributed by atoms with van der Waals surface area (Å²) in [5.74, 6) is 0.645. The van der Waals surface area contributed by atoms with Gasteiger partial charge in [-0.3, -0.25) is 5.10 Å². The maximum Gasteiger partial charge on any atom is 0.257 e. The number of H-pyrrole nitrogens is 1. The molecule has 1 saturated carbocycles. The van der Waals surface area contributed by atoms with Crippen LogP contribution in [0.2, 0.25) is 0 Å². The van der Waals surface area contributed by atoms with Gasteiger partial charge in [-0.15, -0.1) is 0 Å². The molecule has 3 N–H and O–H groups in total. The molecule has 102 valence electrons. The SMILES string of the molecule is O=S(=O)(NCCC1CCCC1)c1[nH]ncc1CO. The van der Waals surface area contributed by atoms with Crippen LogP contribution in [0.3, 0.4) is 0 Å². The molecule has 1 aromatic heterocycles. The fourth-order valence-corrected chi connectivity index (χ4v) is 3.58. The number of aliphatic hydroxyl groups is 1. The van der Waals surface area contributed by atoms with Crippen molar-refractivity contribution < 1.29 is 13.5 Å². The van der Waals surface area contributed by atoms with Crippen molar-refractivity contribution in [3.05, 3.63) is 11.8 Å². The zero-order valence-electron chi connectivity index (χ0n) is 10.2. The zero-order valence-corrected chi connectivity index (χ0v) is 11.0. The molecule has 0 saturated heterocycles. The number of aromatic amines is 1. The molecule has 2 rings (SSSR count). The van der Waals surface area contributed by atoms with Crippen LogP contribution >= 0.6 is 0 Å². The van der Waals surface area contributed by atoms with Crippen LogP contribution in [0, 0.1) is 5.92 Å². The second kappa shape index (κ2) is 5.81. The van der Waals surface area contributed by atoms with E-state index >= 15 is 0 Å². The molecule has 0 spiro atoms. The van der Waals surface area contributed by atoms with Gasteiger partial charge in [0.05, 0.1) is 12.8 Å². The number of hydrogen-bond acceptors (Lipinski definition) is 4. The summed E-state index contributed by atoms with van der Waals surface area (Å²) >= 11 is 0. The minimum absolute atomic E-state index is 0.0311. The average Bonchev–Trinajstić information content (AvgIpc) is 2.99. The molecule has 1 heterocycles. The lowest BCUT2D eigenvalue weighted by molar-refractivity contribution is 0.278. The lowest BCUT2D eigenvalue weighted by Crippen LogP contribution is -2.27. The van der Waals surface area contributed by atoms with Crippen LogP contribution < -0.4 is 4.72 Å². The number of rotatable bonds is 6. The smallest absolute Gasteiger partial charge is 0.257 e. The van der Waals surface area contributed by atoms with E-state index in [4.69, 9.17) is 5.11 Å². The third-order valence-electron chi connectivity index (χ3n) is 3.44. The van der Waals surface area contributed by atoms with E-state index < -0.39 is 10.0 Å². The van der Waals surface area contributed by atoms with Crippen molar-refractivity contribution >= 4 is 10.0 Å². The molecular formula is C11H19N3O3S. The second-order valence-electron chi connectivity index (χ2n) is 4.72. The van der Waals surface area contributed by atoms with Gasteiger partial charge in [0.25, 0.3) is 10.0 Å². The van der Waals surface area contributed by atoms with E-state index in [1.165, 1.54) is 31.9 Å². The van der Waals surface area contributed by atoms with Gasteiger partial charge in [-0.05, 0) is 12.3 Å². The average molecular weight is 273 g/mol. The third kappa shape index (κ3) is 3.09. The number of aromatic nitrogens is 2. The quantitative estimate of drug-likeness (QED) is 0.713. The molecular weight excluding hydrogens is 254 g/mol. The van der Waals surface area contributed by atoms with Crippen LogP contribution in [0.15, 0.2) is 11.2 Å². The first-order valence-electron chi connectivity index (χ1n) is 6.26. The van der Waals surface area contributed by atoms with Gasteiger partial charge in [0.2, 0.25) is 0 Å². The molecule has 1 aromatic rings. The number of sulfonamides is 1. The molecule has 0 bridgehead atoms. The third-order valence-corrected chi connectivity index (χ3v) is 4.91. The highest BCUT2D eigenvalue weighted by atomic mass is 32.2. The van der Waals surface area contributed by atoms with E-state index in [2.05, 4.69) is 14.9 Å². The molecule has 18 heavy (non-hydrogen) atoms. The van der Waals surface area contributed by atoms with Gasteiger partial charge < -0.3 is 5.11 Å². The highest BCUT2D eigenvalue weighted by Crippen LogP contribution is 2.27. The Morgan fingerprint density at radius 2 is 2.17 bits per heavy atom.